The Bertz CT molecular complexity index is 226. The van der Waals surface area contributed by atoms with Crippen LogP contribution in [0.15, 0.2) is 23.0 Å². The van der Waals surface area contributed by atoms with Crippen LogP contribution in [0.25, 0.3) is 0 Å². The van der Waals surface area contributed by atoms with E-state index < -0.39 is 0 Å². The van der Waals surface area contributed by atoms with Crippen LogP contribution >= 0.6 is 21.6 Å². The monoisotopic (exact) mass is 232 g/mol. The number of amides is 2. The van der Waals surface area contributed by atoms with E-state index in [1.54, 1.807) is 24.9 Å². The zero-order valence-corrected chi connectivity index (χ0v) is 9.58. The summed E-state index contributed by atoms with van der Waals surface area (Å²) in [6.45, 7) is 0. The van der Waals surface area contributed by atoms with Crippen molar-refractivity contribution in [1.82, 2.24) is 10.6 Å². The van der Waals surface area contributed by atoms with Crippen molar-refractivity contribution in [1.29, 1.82) is 0 Å². The minimum absolute atomic E-state index is 0.145. The maximum Gasteiger partial charge on any atom is 0.244 e. The number of carbonyl (C=O) groups is 2. The first kappa shape index (κ1) is 13.1. The van der Waals surface area contributed by atoms with Crippen LogP contribution in [0.4, 0.5) is 0 Å². The average Bonchev–Trinajstić information content (AvgIpc) is 2.22. The van der Waals surface area contributed by atoms with Crippen LogP contribution in [-0.4, -0.2) is 25.9 Å². The van der Waals surface area contributed by atoms with Gasteiger partial charge in [0, 0.05) is 26.2 Å². The summed E-state index contributed by atoms with van der Waals surface area (Å²) in [5.41, 5.74) is 0. The standard InChI is InChI=1S/C8H12N2O2S2/c1-9-7(11)3-5-13-14-6-4-8(12)10-2/h3-6H,1-2H3,(H,9,11)(H,10,12)/b5-3-,6-4-. The van der Waals surface area contributed by atoms with E-state index in [-0.39, 0.29) is 11.8 Å². The van der Waals surface area contributed by atoms with Gasteiger partial charge in [0.15, 0.2) is 0 Å². The molecule has 0 aromatic heterocycles. The van der Waals surface area contributed by atoms with Gasteiger partial charge in [0.2, 0.25) is 11.8 Å². The highest BCUT2D eigenvalue weighted by Gasteiger charge is 1.88. The summed E-state index contributed by atoms with van der Waals surface area (Å²) in [7, 11) is 5.85. The van der Waals surface area contributed by atoms with Crippen molar-refractivity contribution in [2.45, 2.75) is 0 Å². The van der Waals surface area contributed by atoms with Gasteiger partial charge in [-0.2, -0.15) is 0 Å². The molecule has 6 heteroatoms. The number of likely N-dealkylation sites (N-methyl/N-ethyl adjacent to an activating group) is 2. The molecule has 0 spiro atoms. The zero-order chi connectivity index (χ0) is 10.8. The predicted octanol–water partition coefficient (Wildman–Crippen LogP) is 0.887. The second kappa shape index (κ2) is 8.71. The second-order valence-electron chi connectivity index (χ2n) is 2.03. The van der Waals surface area contributed by atoms with Gasteiger partial charge in [0.05, 0.1) is 0 Å². The first-order chi connectivity index (χ1) is 6.70. The molecule has 0 saturated heterocycles. The lowest BCUT2D eigenvalue weighted by Crippen LogP contribution is -2.13. The summed E-state index contributed by atoms with van der Waals surface area (Å²) in [6.07, 6.45) is 2.84. The van der Waals surface area contributed by atoms with Crippen molar-refractivity contribution in [3.8, 4) is 0 Å². The third kappa shape index (κ3) is 7.75. The van der Waals surface area contributed by atoms with Gasteiger partial charge < -0.3 is 10.6 Å². The van der Waals surface area contributed by atoms with Crippen LogP contribution in [0, 0.1) is 0 Å². The van der Waals surface area contributed by atoms with Gasteiger partial charge in [-0.05, 0) is 10.8 Å². The molecular formula is C8H12N2O2S2. The molecule has 78 valence electrons. The summed E-state index contributed by atoms with van der Waals surface area (Å²) in [4.78, 5) is 21.4. The fraction of sp³-hybridized carbons (Fsp3) is 0.250. The van der Waals surface area contributed by atoms with Crippen molar-refractivity contribution >= 4 is 33.4 Å². The molecule has 0 aliphatic carbocycles. The predicted molar refractivity (Wildman–Crippen MR) is 61.6 cm³/mol. The summed E-state index contributed by atoms with van der Waals surface area (Å²) in [5.74, 6) is -0.290. The van der Waals surface area contributed by atoms with Crippen LogP contribution < -0.4 is 10.6 Å². The number of carbonyl (C=O) groups excluding carboxylic acids is 2. The summed E-state index contributed by atoms with van der Waals surface area (Å²) in [6, 6.07) is 0. The Morgan fingerprint density at radius 2 is 1.29 bits per heavy atom. The van der Waals surface area contributed by atoms with Crippen LogP contribution in [0.2, 0.25) is 0 Å². The van der Waals surface area contributed by atoms with Crippen LogP contribution in [0.3, 0.4) is 0 Å². The maximum atomic E-state index is 10.7. The van der Waals surface area contributed by atoms with Gasteiger partial charge >= 0.3 is 0 Å². The highest BCUT2D eigenvalue weighted by Crippen LogP contribution is 2.23. The molecule has 0 fully saturated rings. The molecule has 0 aromatic rings. The summed E-state index contributed by atoms with van der Waals surface area (Å²) >= 11 is 0. The highest BCUT2D eigenvalue weighted by molar-refractivity contribution is 8.78. The lowest BCUT2D eigenvalue weighted by molar-refractivity contribution is -0.116. The largest absolute Gasteiger partial charge is 0.356 e. The number of rotatable bonds is 5. The molecule has 0 rings (SSSR count). The number of hydrogen-bond donors (Lipinski definition) is 2. The fourth-order valence-corrected chi connectivity index (χ4v) is 1.61. The topological polar surface area (TPSA) is 58.2 Å². The molecule has 0 saturated carbocycles. The Balaban J connectivity index is 3.56. The summed E-state index contributed by atoms with van der Waals surface area (Å²) < 4.78 is 0. The molecule has 0 aromatic carbocycles. The second-order valence-corrected chi connectivity index (χ2v) is 4.11. The normalized spacial score (nSPS) is 10.7. The summed E-state index contributed by atoms with van der Waals surface area (Å²) in [5, 5.41) is 8.21. The fourth-order valence-electron chi connectivity index (χ4n) is 0.410. The van der Waals surface area contributed by atoms with E-state index in [0.717, 1.165) is 0 Å². The Labute approximate surface area is 91.0 Å². The third-order valence-corrected chi connectivity index (χ3v) is 2.70. The van der Waals surface area contributed by atoms with E-state index in [9.17, 15) is 9.59 Å². The molecule has 0 radical (unpaired) electrons. The zero-order valence-electron chi connectivity index (χ0n) is 7.94. The number of hydrogen-bond acceptors (Lipinski definition) is 4. The molecule has 0 aliphatic heterocycles. The van der Waals surface area contributed by atoms with Crippen molar-refractivity contribution in [2.75, 3.05) is 14.1 Å². The average molecular weight is 232 g/mol. The quantitative estimate of drug-likeness (QED) is 0.420. The van der Waals surface area contributed by atoms with Gasteiger partial charge in [-0.1, -0.05) is 21.6 Å². The van der Waals surface area contributed by atoms with Gasteiger partial charge in [-0.25, -0.2) is 0 Å². The van der Waals surface area contributed by atoms with Crippen molar-refractivity contribution < 1.29 is 9.59 Å². The van der Waals surface area contributed by atoms with Crippen LogP contribution in [0.1, 0.15) is 0 Å². The molecule has 0 aliphatic rings. The molecule has 14 heavy (non-hydrogen) atoms. The minimum atomic E-state index is -0.145. The molecule has 2 N–H and O–H groups in total. The highest BCUT2D eigenvalue weighted by atomic mass is 33.1. The van der Waals surface area contributed by atoms with Crippen LogP contribution in [-0.2, 0) is 9.59 Å². The smallest absolute Gasteiger partial charge is 0.244 e. The van der Waals surface area contributed by atoms with Crippen molar-refractivity contribution in [3.63, 3.8) is 0 Å². The Hall–Kier alpha value is -0.880. The number of nitrogens with one attached hydrogen (secondary N) is 2. The minimum Gasteiger partial charge on any atom is -0.356 e. The van der Waals surface area contributed by atoms with E-state index in [1.165, 1.54) is 33.7 Å². The van der Waals surface area contributed by atoms with Gasteiger partial charge in [-0.3, -0.25) is 9.59 Å². The molecule has 0 bridgehead atoms. The molecule has 0 heterocycles. The van der Waals surface area contributed by atoms with E-state index >= 15 is 0 Å². The van der Waals surface area contributed by atoms with Gasteiger partial charge in [0.1, 0.15) is 0 Å². The SMILES string of the molecule is CNC(=O)/C=C\SS/C=C\C(=O)NC. The van der Waals surface area contributed by atoms with E-state index in [2.05, 4.69) is 10.6 Å². The first-order valence-electron chi connectivity index (χ1n) is 3.79. The van der Waals surface area contributed by atoms with Crippen molar-refractivity contribution in [2.24, 2.45) is 0 Å². The van der Waals surface area contributed by atoms with Crippen LogP contribution in [0.5, 0.6) is 0 Å². The third-order valence-electron chi connectivity index (χ3n) is 1.10. The molecular weight excluding hydrogens is 220 g/mol. The molecule has 2 amide bonds. The molecule has 0 unspecified atom stereocenters. The van der Waals surface area contributed by atoms with E-state index in [4.69, 9.17) is 0 Å². The van der Waals surface area contributed by atoms with Gasteiger partial charge in [-0.15, -0.1) is 0 Å². The van der Waals surface area contributed by atoms with Gasteiger partial charge in [0.25, 0.3) is 0 Å². The lowest BCUT2D eigenvalue weighted by Gasteiger charge is -1.90. The van der Waals surface area contributed by atoms with E-state index in [0.29, 0.717) is 0 Å². The maximum absolute atomic E-state index is 10.7. The molecule has 4 nitrogen and oxygen atoms in total. The lowest BCUT2D eigenvalue weighted by atomic mass is 10.6. The first-order valence-corrected chi connectivity index (χ1v) is 6.07. The Kier molecular flexibility index (Phi) is 8.16. The molecule has 0 atom stereocenters. The van der Waals surface area contributed by atoms with Crippen molar-refractivity contribution in [3.05, 3.63) is 23.0 Å². The van der Waals surface area contributed by atoms with E-state index in [1.807, 2.05) is 0 Å². The Morgan fingerprint density at radius 3 is 1.57 bits per heavy atom. The Morgan fingerprint density at radius 1 is 0.929 bits per heavy atom.